The van der Waals surface area contributed by atoms with Crippen LogP contribution in [0.25, 0.3) is 0 Å². The van der Waals surface area contributed by atoms with Crippen molar-refractivity contribution >= 4 is 5.78 Å². The maximum Gasteiger partial charge on any atom is 0.263 e. The summed E-state index contributed by atoms with van der Waals surface area (Å²) in [5.41, 5.74) is 0. The van der Waals surface area contributed by atoms with E-state index in [1.807, 2.05) is 26.0 Å². The number of rotatable bonds is 4. The molecule has 2 aromatic heterocycles. The van der Waals surface area contributed by atoms with Crippen LogP contribution in [0.4, 0.5) is 0 Å². The maximum absolute atomic E-state index is 11.9. The lowest BCUT2D eigenvalue weighted by atomic mass is 10.2. The van der Waals surface area contributed by atoms with Crippen molar-refractivity contribution in [2.45, 2.75) is 26.7 Å². The van der Waals surface area contributed by atoms with Gasteiger partial charge in [0.05, 0.1) is 0 Å². The van der Waals surface area contributed by atoms with Crippen molar-refractivity contribution in [3.05, 3.63) is 47.3 Å². The molecule has 0 aliphatic rings. The molecule has 0 atom stereocenters. The molecule has 3 heteroatoms. The van der Waals surface area contributed by atoms with Gasteiger partial charge >= 0.3 is 0 Å². The molecule has 0 aliphatic heterocycles. The highest BCUT2D eigenvalue weighted by Gasteiger charge is 2.16. The highest BCUT2D eigenvalue weighted by Crippen LogP contribution is 2.16. The average molecular weight is 218 g/mol. The summed E-state index contributed by atoms with van der Waals surface area (Å²) in [5, 5.41) is 0. The Morgan fingerprint density at radius 1 is 0.938 bits per heavy atom. The molecule has 16 heavy (non-hydrogen) atoms. The molecule has 3 nitrogen and oxygen atoms in total. The van der Waals surface area contributed by atoms with Gasteiger partial charge < -0.3 is 8.83 Å². The van der Waals surface area contributed by atoms with Crippen LogP contribution in [0, 0.1) is 0 Å². The molecule has 0 saturated carbocycles. The van der Waals surface area contributed by atoms with Crippen molar-refractivity contribution in [1.82, 2.24) is 0 Å². The Balaban J connectivity index is 2.24. The normalized spacial score (nSPS) is 10.6. The smallest absolute Gasteiger partial charge is 0.263 e. The van der Waals surface area contributed by atoms with Crippen molar-refractivity contribution in [2.75, 3.05) is 0 Å². The number of ketones is 1. The lowest BCUT2D eigenvalue weighted by Gasteiger charge is -1.93. The summed E-state index contributed by atoms with van der Waals surface area (Å²) in [6.45, 7) is 3.96. The van der Waals surface area contributed by atoms with Crippen LogP contribution in [-0.2, 0) is 12.8 Å². The van der Waals surface area contributed by atoms with Gasteiger partial charge in [-0.3, -0.25) is 4.79 Å². The van der Waals surface area contributed by atoms with Crippen LogP contribution >= 0.6 is 0 Å². The minimum Gasteiger partial charge on any atom is -0.457 e. The summed E-state index contributed by atoms with van der Waals surface area (Å²) < 4.78 is 10.8. The van der Waals surface area contributed by atoms with Crippen LogP contribution in [0.1, 0.15) is 41.7 Å². The molecule has 0 aliphatic carbocycles. The molecule has 2 heterocycles. The van der Waals surface area contributed by atoms with Gasteiger partial charge in [0, 0.05) is 12.8 Å². The molecule has 0 amide bonds. The van der Waals surface area contributed by atoms with Gasteiger partial charge in [-0.05, 0) is 24.3 Å². The first kappa shape index (κ1) is 10.7. The minimum absolute atomic E-state index is 0.195. The number of furan rings is 2. The molecule has 2 aromatic rings. The van der Waals surface area contributed by atoms with E-state index in [2.05, 4.69) is 0 Å². The fourth-order valence-corrected chi connectivity index (χ4v) is 1.50. The second-order valence-corrected chi connectivity index (χ2v) is 3.57. The van der Waals surface area contributed by atoms with E-state index in [4.69, 9.17) is 8.83 Å². The Morgan fingerprint density at radius 3 is 1.69 bits per heavy atom. The van der Waals surface area contributed by atoms with Crippen LogP contribution in [0.5, 0.6) is 0 Å². The zero-order valence-electron chi connectivity index (χ0n) is 9.45. The Morgan fingerprint density at radius 2 is 1.38 bits per heavy atom. The van der Waals surface area contributed by atoms with E-state index in [9.17, 15) is 4.79 Å². The molecule has 0 radical (unpaired) electrons. The standard InChI is InChI=1S/C13H14O3/c1-3-9-5-7-11(15-9)13(14)12-8-6-10(4-2)16-12/h5-8H,3-4H2,1-2H3. The van der Waals surface area contributed by atoms with E-state index in [1.54, 1.807) is 12.1 Å². The molecule has 0 unspecified atom stereocenters. The summed E-state index contributed by atoms with van der Waals surface area (Å²) in [6, 6.07) is 7.01. The second-order valence-electron chi connectivity index (χ2n) is 3.57. The maximum atomic E-state index is 11.9. The fourth-order valence-electron chi connectivity index (χ4n) is 1.50. The van der Waals surface area contributed by atoms with Crippen LogP contribution < -0.4 is 0 Å². The van der Waals surface area contributed by atoms with Gasteiger partial charge in [0.15, 0.2) is 11.5 Å². The number of carbonyl (C=O) groups excluding carboxylic acids is 1. The van der Waals surface area contributed by atoms with Gasteiger partial charge in [-0.25, -0.2) is 0 Å². The molecule has 0 fully saturated rings. The van der Waals surface area contributed by atoms with Crippen molar-refractivity contribution in [1.29, 1.82) is 0 Å². The van der Waals surface area contributed by atoms with Gasteiger partial charge in [0.25, 0.3) is 5.78 Å². The molecular weight excluding hydrogens is 204 g/mol. The first-order valence-electron chi connectivity index (χ1n) is 5.46. The van der Waals surface area contributed by atoms with Gasteiger partial charge in [0.2, 0.25) is 0 Å². The first-order valence-corrected chi connectivity index (χ1v) is 5.46. The van der Waals surface area contributed by atoms with Gasteiger partial charge in [-0.1, -0.05) is 13.8 Å². The lowest BCUT2D eigenvalue weighted by Crippen LogP contribution is -1.97. The average Bonchev–Trinajstić information content (AvgIpc) is 2.97. The third-order valence-electron chi connectivity index (χ3n) is 2.47. The summed E-state index contributed by atoms with van der Waals surface area (Å²) in [7, 11) is 0. The van der Waals surface area contributed by atoms with E-state index in [0.717, 1.165) is 24.4 Å². The number of hydrogen-bond donors (Lipinski definition) is 0. The van der Waals surface area contributed by atoms with Crippen LogP contribution in [0.2, 0.25) is 0 Å². The number of carbonyl (C=O) groups is 1. The van der Waals surface area contributed by atoms with Gasteiger partial charge in [0.1, 0.15) is 11.5 Å². The topological polar surface area (TPSA) is 43.4 Å². The number of aryl methyl sites for hydroxylation is 2. The van der Waals surface area contributed by atoms with E-state index < -0.39 is 0 Å². The summed E-state index contributed by atoms with van der Waals surface area (Å²) in [4.78, 5) is 11.9. The Labute approximate surface area is 94.1 Å². The van der Waals surface area contributed by atoms with Crippen molar-refractivity contribution in [3.8, 4) is 0 Å². The zero-order chi connectivity index (χ0) is 11.5. The quantitative estimate of drug-likeness (QED) is 0.740. The molecule has 84 valence electrons. The van der Waals surface area contributed by atoms with Gasteiger partial charge in [-0.15, -0.1) is 0 Å². The zero-order valence-corrected chi connectivity index (χ0v) is 9.45. The van der Waals surface area contributed by atoms with Crippen LogP contribution in [0.15, 0.2) is 33.1 Å². The van der Waals surface area contributed by atoms with Crippen molar-refractivity contribution in [2.24, 2.45) is 0 Å². The SMILES string of the molecule is CCc1ccc(C(=O)c2ccc(CC)o2)o1. The van der Waals surface area contributed by atoms with Crippen LogP contribution in [0.3, 0.4) is 0 Å². The molecule has 0 bridgehead atoms. The predicted octanol–water partition coefficient (Wildman–Crippen LogP) is 3.23. The Hall–Kier alpha value is -1.77. The van der Waals surface area contributed by atoms with E-state index >= 15 is 0 Å². The number of hydrogen-bond acceptors (Lipinski definition) is 3. The second kappa shape index (κ2) is 4.39. The summed E-state index contributed by atoms with van der Waals surface area (Å²) in [6.07, 6.45) is 1.57. The molecular formula is C13H14O3. The molecule has 0 N–H and O–H groups in total. The van der Waals surface area contributed by atoms with E-state index in [-0.39, 0.29) is 5.78 Å². The fraction of sp³-hybridized carbons (Fsp3) is 0.308. The minimum atomic E-state index is -0.195. The van der Waals surface area contributed by atoms with E-state index in [1.165, 1.54) is 0 Å². The Kier molecular flexibility index (Phi) is 2.95. The highest BCUT2D eigenvalue weighted by molar-refractivity contribution is 6.05. The van der Waals surface area contributed by atoms with Crippen molar-refractivity contribution < 1.29 is 13.6 Å². The predicted molar refractivity (Wildman–Crippen MR) is 59.6 cm³/mol. The first-order chi connectivity index (χ1) is 7.74. The Bertz CT molecular complexity index is 447. The molecule has 0 aromatic carbocycles. The monoisotopic (exact) mass is 218 g/mol. The third-order valence-corrected chi connectivity index (χ3v) is 2.47. The summed E-state index contributed by atoms with van der Waals surface area (Å²) >= 11 is 0. The van der Waals surface area contributed by atoms with Crippen molar-refractivity contribution in [3.63, 3.8) is 0 Å². The lowest BCUT2D eigenvalue weighted by molar-refractivity contribution is 0.0980. The molecule has 0 spiro atoms. The van der Waals surface area contributed by atoms with E-state index in [0.29, 0.717) is 11.5 Å². The third kappa shape index (κ3) is 1.94. The van der Waals surface area contributed by atoms with Crippen LogP contribution in [-0.4, -0.2) is 5.78 Å². The summed E-state index contributed by atoms with van der Waals surface area (Å²) in [5.74, 6) is 2.11. The molecule has 2 rings (SSSR count). The molecule has 0 saturated heterocycles. The van der Waals surface area contributed by atoms with Gasteiger partial charge in [-0.2, -0.15) is 0 Å². The largest absolute Gasteiger partial charge is 0.457 e. The highest BCUT2D eigenvalue weighted by atomic mass is 16.4.